The topological polar surface area (TPSA) is 52.5 Å². The number of aromatic nitrogens is 2. The molecule has 1 aromatic heterocycles. The van der Waals surface area contributed by atoms with Crippen molar-refractivity contribution in [3.63, 3.8) is 0 Å². The van der Waals surface area contributed by atoms with E-state index in [2.05, 4.69) is 25.8 Å². The number of aliphatic hydroxyl groups excluding tert-OH is 1. The third kappa shape index (κ3) is 3.76. The third-order valence-electron chi connectivity index (χ3n) is 6.53. The Kier molecular flexibility index (Phi) is 5.11. The van der Waals surface area contributed by atoms with Crippen LogP contribution in [0.5, 0.6) is 0 Å². The lowest BCUT2D eigenvalue weighted by atomic mass is 9.91. The molecule has 3 aliphatic rings. The van der Waals surface area contributed by atoms with Crippen molar-refractivity contribution in [3.8, 4) is 0 Å². The lowest BCUT2D eigenvalue weighted by molar-refractivity contribution is 0.169. The highest BCUT2D eigenvalue weighted by atomic mass is 16.3. The van der Waals surface area contributed by atoms with Crippen LogP contribution in [0.25, 0.3) is 0 Å². The maximum atomic E-state index is 9.48. The van der Waals surface area contributed by atoms with Gasteiger partial charge in [-0.3, -0.25) is 0 Å². The lowest BCUT2D eigenvalue weighted by Gasteiger charge is -2.37. The highest BCUT2D eigenvalue weighted by Crippen LogP contribution is 2.39. The van der Waals surface area contributed by atoms with E-state index in [9.17, 15) is 5.11 Å². The first-order chi connectivity index (χ1) is 12.2. The molecule has 25 heavy (non-hydrogen) atoms. The number of nitrogens with zero attached hydrogens (tertiary/aromatic N) is 4. The summed E-state index contributed by atoms with van der Waals surface area (Å²) < 4.78 is 0. The van der Waals surface area contributed by atoms with E-state index in [0.717, 1.165) is 43.5 Å². The number of hydrogen-bond acceptors (Lipinski definition) is 5. The molecule has 0 saturated carbocycles. The summed E-state index contributed by atoms with van der Waals surface area (Å²) in [6, 6.07) is 3.63. The Hall–Kier alpha value is -1.36. The number of piperidine rings is 2. The van der Waals surface area contributed by atoms with Crippen LogP contribution in [0, 0.1) is 5.92 Å². The Morgan fingerprint density at radius 3 is 2.40 bits per heavy atom. The van der Waals surface area contributed by atoms with E-state index in [1.807, 2.05) is 6.92 Å². The van der Waals surface area contributed by atoms with Gasteiger partial charge in [0.2, 0.25) is 0 Å². The second kappa shape index (κ2) is 7.48. The first-order valence-electron chi connectivity index (χ1n) is 10.2. The first kappa shape index (κ1) is 17.1. The molecule has 2 bridgehead atoms. The number of aliphatic hydroxyl groups is 1. The van der Waals surface area contributed by atoms with Gasteiger partial charge in [-0.1, -0.05) is 0 Å². The lowest BCUT2D eigenvalue weighted by Crippen LogP contribution is -2.40. The zero-order valence-electron chi connectivity index (χ0n) is 15.5. The van der Waals surface area contributed by atoms with E-state index in [-0.39, 0.29) is 6.10 Å². The maximum absolute atomic E-state index is 9.48. The fraction of sp³-hybridized carbons (Fsp3) is 0.800. The van der Waals surface area contributed by atoms with E-state index in [0.29, 0.717) is 12.1 Å². The van der Waals surface area contributed by atoms with Crippen molar-refractivity contribution in [1.82, 2.24) is 9.97 Å². The molecular weight excluding hydrogens is 312 g/mol. The molecule has 0 spiro atoms. The van der Waals surface area contributed by atoms with Crippen LogP contribution in [0.4, 0.5) is 11.6 Å². The fourth-order valence-corrected chi connectivity index (χ4v) is 5.07. The molecule has 3 saturated heterocycles. The number of hydrogen-bond donors (Lipinski definition) is 1. The molecule has 1 aromatic rings. The maximum Gasteiger partial charge on any atom is 0.134 e. The van der Waals surface area contributed by atoms with Gasteiger partial charge in [-0.2, -0.15) is 0 Å². The zero-order valence-corrected chi connectivity index (χ0v) is 15.5. The summed E-state index contributed by atoms with van der Waals surface area (Å²) in [5, 5.41) is 9.48. The van der Waals surface area contributed by atoms with Gasteiger partial charge in [0.05, 0.1) is 6.10 Å². The highest BCUT2D eigenvalue weighted by molar-refractivity contribution is 5.52. The number of anilines is 2. The van der Waals surface area contributed by atoms with Crippen LogP contribution in [-0.4, -0.2) is 46.4 Å². The average Bonchev–Trinajstić information content (AvgIpc) is 2.89. The molecule has 5 heteroatoms. The Morgan fingerprint density at radius 1 is 1.04 bits per heavy atom. The SMILES string of the molecule is CC(O)CCC1CCN(c2cc(N3C4CCCC3CC4)ncn2)CC1. The van der Waals surface area contributed by atoms with Crippen LogP contribution in [0.3, 0.4) is 0 Å². The van der Waals surface area contributed by atoms with Crippen molar-refractivity contribution < 1.29 is 5.11 Å². The van der Waals surface area contributed by atoms with E-state index in [1.165, 1.54) is 44.9 Å². The molecule has 0 aromatic carbocycles. The first-order valence-corrected chi connectivity index (χ1v) is 10.2. The van der Waals surface area contributed by atoms with Gasteiger partial charge in [0.25, 0.3) is 0 Å². The zero-order chi connectivity index (χ0) is 17.2. The van der Waals surface area contributed by atoms with Gasteiger partial charge >= 0.3 is 0 Å². The quantitative estimate of drug-likeness (QED) is 0.887. The van der Waals surface area contributed by atoms with Crippen LogP contribution < -0.4 is 9.80 Å². The van der Waals surface area contributed by atoms with Gasteiger partial charge in [-0.05, 0) is 70.6 Å². The van der Waals surface area contributed by atoms with Crippen LogP contribution in [0.15, 0.2) is 12.4 Å². The molecule has 138 valence electrons. The molecule has 4 rings (SSSR count). The van der Waals surface area contributed by atoms with Crippen molar-refractivity contribution >= 4 is 11.6 Å². The summed E-state index contributed by atoms with van der Waals surface area (Å²) in [6.45, 7) is 4.05. The second-order valence-electron chi connectivity index (χ2n) is 8.31. The van der Waals surface area contributed by atoms with Crippen LogP contribution >= 0.6 is 0 Å². The van der Waals surface area contributed by atoms with Crippen LogP contribution in [-0.2, 0) is 0 Å². The minimum Gasteiger partial charge on any atom is -0.393 e. The predicted octanol–water partition coefficient (Wildman–Crippen LogP) is 3.38. The van der Waals surface area contributed by atoms with Gasteiger partial charge < -0.3 is 14.9 Å². The Morgan fingerprint density at radius 2 is 1.72 bits per heavy atom. The minimum absolute atomic E-state index is 0.164. The molecule has 3 atom stereocenters. The molecule has 0 aliphatic carbocycles. The smallest absolute Gasteiger partial charge is 0.134 e. The summed E-state index contributed by atoms with van der Waals surface area (Å²) >= 11 is 0. The summed E-state index contributed by atoms with van der Waals surface area (Å²) in [5.74, 6) is 3.00. The van der Waals surface area contributed by atoms with E-state index in [1.54, 1.807) is 6.33 Å². The molecule has 3 unspecified atom stereocenters. The second-order valence-corrected chi connectivity index (χ2v) is 8.31. The molecule has 3 fully saturated rings. The van der Waals surface area contributed by atoms with E-state index in [4.69, 9.17) is 0 Å². The van der Waals surface area contributed by atoms with Crippen molar-refractivity contribution in [3.05, 3.63) is 12.4 Å². The molecule has 1 N–H and O–H groups in total. The number of fused-ring (bicyclic) bond motifs is 2. The Bertz CT molecular complexity index is 555. The van der Waals surface area contributed by atoms with Gasteiger partial charge in [0.15, 0.2) is 0 Å². The molecule has 5 nitrogen and oxygen atoms in total. The van der Waals surface area contributed by atoms with Gasteiger partial charge in [-0.25, -0.2) is 9.97 Å². The van der Waals surface area contributed by atoms with Crippen molar-refractivity contribution in [2.75, 3.05) is 22.9 Å². The van der Waals surface area contributed by atoms with Crippen LogP contribution in [0.2, 0.25) is 0 Å². The van der Waals surface area contributed by atoms with Crippen molar-refractivity contribution in [1.29, 1.82) is 0 Å². The van der Waals surface area contributed by atoms with Gasteiger partial charge in [0, 0.05) is 31.2 Å². The molecule has 0 amide bonds. The van der Waals surface area contributed by atoms with Crippen molar-refractivity contribution in [2.24, 2.45) is 5.92 Å². The predicted molar refractivity (Wildman–Crippen MR) is 101 cm³/mol. The highest BCUT2D eigenvalue weighted by Gasteiger charge is 2.37. The number of rotatable bonds is 5. The fourth-order valence-electron chi connectivity index (χ4n) is 5.07. The Labute approximate surface area is 151 Å². The van der Waals surface area contributed by atoms with Gasteiger partial charge in [0.1, 0.15) is 18.0 Å². The largest absolute Gasteiger partial charge is 0.393 e. The summed E-state index contributed by atoms with van der Waals surface area (Å²) in [6.07, 6.45) is 12.8. The summed E-state index contributed by atoms with van der Waals surface area (Å²) in [7, 11) is 0. The third-order valence-corrected chi connectivity index (χ3v) is 6.53. The molecule has 0 radical (unpaired) electrons. The standard InChI is InChI=1S/C20H32N4O/c1-15(25)5-6-16-9-11-23(12-10-16)19-13-20(22-14-21-19)24-17-3-2-4-18(24)8-7-17/h13-18,25H,2-12H2,1H3. The van der Waals surface area contributed by atoms with Crippen molar-refractivity contribution in [2.45, 2.75) is 82.9 Å². The summed E-state index contributed by atoms with van der Waals surface area (Å²) in [5.41, 5.74) is 0. The molecular formula is C20H32N4O. The Balaban J connectivity index is 1.39. The molecule has 3 aliphatic heterocycles. The summed E-state index contributed by atoms with van der Waals surface area (Å²) in [4.78, 5) is 14.2. The van der Waals surface area contributed by atoms with E-state index < -0.39 is 0 Å². The average molecular weight is 345 g/mol. The monoisotopic (exact) mass is 344 g/mol. The minimum atomic E-state index is -0.164. The van der Waals surface area contributed by atoms with Gasteiger partial charge in [-0.15, -0.1) is 0 Å². The van der Waals surface area contributed by atoms with Crippen LogP contribution in [0.1, 0.15) is 64.7 Å². The van der Waals surface area contributed by atoms with E-state index >= 15 is 0 Å². The normalized spacial score (nSPS) is 28.4. The molecule has 4 heterocycles.